The van der Waals surface area contributed by atoms with Gasteiger partial charge in [-0.2, -0.15) is 0 Å². The molecule has 1 aliphatic rings. The van der Waals surface area contributed by atoms with Gasteiger partial charge in [0.1, 0.15) is 6.17 Å². The number of rotatable bonds is 12. The summed E-state index contributed by atoms with van der Waals surface area (Å²) in [4.78, 5) is 5.16. The monoisotopic (exact) mass is 294 g/mol. The van der Waals surface area contributed by atoms with E-state index in [1.54, 1.807) is 0 Å². The second-order valence-electron chi connectivity index (χ2n) is 6.91. The fourth-order valence-electron chi connectivity index (χ4n) is 3.34. The number of hydrogen-bond acceptors (Lipinski definition) is 2. The quantitative estimate of drug-likeness (QED) is 0.432. The number of nitrogens with zero attached hydrogens (tertiary/aromatic N) is 2. The second-order valence-corrected chi connectivity index (χ2v) is 6.91. The van der Waals surface area contributed by atoms with Crippen molar-refractivity contribution in [3.63, 3.8) is 0 Å². The largest absolute Gasteiger partial charge is 0.356 e. The Morgan fingerprint density at radius 1 is 0.714 bits per heavy atom. The first-order chi connectivity index (χ1) is 10.2. The summed E-state index contributed by atoms with van der Waals surface area (Å²) >= 11 is 0. The first kappa shape index (κ1) is 18.4. The summed E-state index contributed by atoms with van der Waals surface area (Å²) in [5, 5.41) is 0. The zero-order chi connectivity index (χ0) is 15.5. The molecule has 1 atom stereocenters. The Bertz CT molecular complexity index is 273. The summed E-state index contributed by atoms with van der Waals surface area (Å²) in [7, 11) is 0. The highest BCUT2D eigenvalue weighted by Crippen LogP contribution is 2.24. The standard InChI is InChI=1S/C19H38N2/c1-5-7-9-11-13-15-21-17-16-20(19(21)18(3)4)14-12-10-8-6-2/h16-19H,5-15H2,1-4H3. The van der Waals surface area contributed by atoms with Crippen molar-refractivity contribution in [3.05, 3.63) is 12.4 Å². The molecular weight excluding hydrogens is 256 g/mol. The van der Waals surface area contributed by atoms with Crippen LogP contribution < -0.4 is 0 Å². The fraction of sp³-hybridized carbons (Fsp3) is 0.895. The van der Waals surface area contributed by atoms with Gasteiger partial charge in [-0.15, -0.1) is 0 Å². The molecule has 1 aliphatic heterocycles. The molecule has 0 N–H and O–H groups in total. The van der Waals surface area contributed by atoms with Gasteiger partial charge in [-0.25, -0.2) is 0 Å². The van der Waals surface area contributed by atoms with E-state index in [4.69, 9.17) is 0 Å². The predicted octanol–water partition coefficient (Wildman–Crippen LogP) is 5.61. The lowest BCUT2D eigenvalue weighted by Crippen LogP contribution is -2.43. The van der Waals surface area contributed by atoms with Gasteiger partial charge < -0.3 is 9.80 Å². The smallest absolute Gasteiger partial charge is 0.103 e. The normalized spacial score (nSPS) is 18.2. The Labute approximate surface area is 133 Å². The average molecular weight is 295 g/mol. The molecule has 0 saturated carbocycles. The van der Waals surface area contributed by atoms with Crippen LogP contribution in [0.2, 0.25) is 0 Å². The molecule has 1 heterocycles. The van der Waals surface area contributed by atoms with Gasteiger partial charge in [-0.3, -0.25) is 0 Å². The third-order valence-electron chi connectivity index (χ3n) is 4.52. The minimum Gasteiger partial charge on any atom is -0.356 e. The van der Waals surface area contributed by atoms with Gasteiger partial charge in [0.05, 0.1) is 0 Å². The van der Waals surface area contributed by atoms with Crippen LogP contribution in [0, 0.1) is 5.92 Å². The van der Waals surface area contributed by atoms with Crippen molar-refractivity contribution >= 4 is 0 Å². The Kier molecular flexibility index (Phi) is 9.62. The first-order valence-electron chi connectivity index (χ1n) is 9.40. The van der Waals surface area contributed by atoms with Gasteiger partial charge in [0.2, 0.25) is 0 Å². The highest BCUT2D eigenvalue weighted by atomic mass is 15.4. The Morgan fingerprint density at radius 3 is 1.57 bits per heavy atom. The molecule has 0 saturated heterocycles. The zero-order valence-corrected chi connectivity index (χ0v) is 15.0. The zero-order valence-electron chi connectivity index (χ0n) is 15.0. The molecule has 0 amide bonds. The van der Waals surface area contributed by atoms with E-state index in [2.05, 4.69) is 49.9 Å². The lowest BCUT2D eigenvalue weighted by Gasteiger charge is -2.36. The van der Waals surface area contributed by atoms with Crippen molar-refractivity contribution in [2.24, 2.45) is 5.92 Å². The molecule has 0 radical (unpaired) electrons. The Morgan fingerprint density at radius 2 is 1.14 bits per heavy atom. The molecule has 0 aromatic rings. The second kappa shape index (κ2) is 11.0. The van der Waals surface area contributed by atoms with Gasteiger partial charge in [0, 0.05) is 25.5 Å². The third-order valence-corrected chi connectivity index (χ3v) is 4.52. The molecular formula is C19H38N2. The van der Waals surface area contributed by atoms with E-state index in [1.807, 2.05) is 0 Å². The maximum Gasteiger partial charge on any atom is 0.103 e. The number of hydrogen-bond donors (Lipinski definition) is 0. The third kappa shape index (κ3) is 6.76. The molecule has 2 nitrogen and oxygen atoms in total. The van der Waals surface area contributed by atoms with E-state index in [0.717, 1.165) is 0 Å². The molecule has 0 aromatic heterocycles. The summed E-state index contributed by atoms with van der Waals surface area (Å²) in [5.74, 6) is 0.696. The number of unbranched alkanes of at least 4 members (excludes halogenated alkanes) is 7. The van der Waals surface area contributed by atoms with Crippen LogP contribution in [0.25, 0.3) is 0 Å². The molecule has 2 heteroatoms. The van der Waals surface area contributed by atoms with Crippen molar-refractivity contribution in [1.29, 1.82) is 0 Å². The average Bonchev–Trinajstić information content (AvgIpc) is 2.86. The van der Waals surface area contributed by atoms with Crippen LogP contribution in [0.15, 0.2) is 12.4 Å². The van der Waals surface area contributed by atoms with Gasteiger partial charge in [0.25, 0.3) is 0 Å². The van der Waals surface area contributed by atoms with Gasteiger partial charge in [-0.05, 0) is 18.8 Å². The molecule has 0 aromatic carbocycles. The highest BCUT2D eigenvalue weighted by Gasteiger charge is 2.27. The summed E-state index contributed by atoms with van der Waals surface area (Å²) < 4.78 is 0. The van der Waals surface area contributed by atoms with Crippen LogP contribution in [-0.4, -0.2) is 29.1 Å². The van der Waals surface area contributed by atoms with Gasteiger partial charge in [-0.1, -0.05) is 72.6 Å². The van der Waals surface area contributed by atoms with Crippen molar-refractivity contribution in [2.75, 3.05) is 13.1 Å². The molecule has 1 rings (SSSR count). The van der Waals surface area contributed by atoms with Crippen LogP contribution in [0.1, 0.15) is 85.5 Å². The molecule has 124 valence electrons. The predicted molar refractivity (Wildman–Crippen MR) is 94.1 cm³/mol. The van der Waals surface area contributed by atoms with Crippen molar-refractivity contribution in [3.8, 4) is 0 Å². The van der Waals surface area contributed by atoms with E-state index >= 15 is 0 Å². The lowest BCUT2D eigenvalue weighted by molar-refractivity contribution is 0.104. The molecule has 0 aliphatic carbocycles. The van der Waals surface area contributed by atoms with Gasteiger partial charge in [0.15, 0.2) is 0 Å². The van der Waals surface area contributed by atoms with Crippen molar-refractivity contribution < 1.29 is 0 Å². The molecule has 1 unspecified atom stereocenters. The van der Waals surface area contributed by atoms with Crippen molar-refractivity contribution in [1.82, 2.24) is 9.80 Å². The lowest BCUT2D eigenvalue weighted by atomic mass is 10.1. The van der Waals surface area contributed by atoms with Crippen LogP contribution in [0.4, 0.5) is 0 Å². The fourth-order valence-corrected chi connectivity index (χ4v) is 3.34. The van der Waals surface area contributed by atoms with Crippen molar-refractivity contribution in [2.45, 2.75) is 91.6 Å². The molecule has 0 spiro atoms. The van der Waals surface area contributed by atoms with Crippen LogP contribution in [0.5, 0.6) is 0 Å². The Balaban J connectivity index is 2.31. The topological polar surface area (TPSA) is 6.48 Å². The maximum atomic E-state index is 2.58. The van der Waals surface area contributed by atoms with Crippen LogP contribution in [0.3, 0.4) is 0 Å². The minimum atomic E-state index is 0.595. The molecule has 0 fully saturated rings. The molecule has 0 bridgehead atoms. The van der Waals surface area contributed by atoms with E-state index < -0.39 is 0 Å². The van der Waals surface area contributed by atoms with Gasteiger partial charge >= 0.3 is 0 Å². The summed E-state index contributed by atoms with van der Waals surface area (Å²) in [5.41, 5.74) is 0. The van der Waals surface area contributed by atoms with E-state index in [1.165, 1.54) is 70.9 Å². The first-order valence-corrected chi connectivity index (χ1v) is 9.40. The summed E-state index contributed by atoms with van der Waals surface area (Å²) in [6.07, 6.45) is 17.6. The van der Waals surface area contributed by atoms with Crippen LogP contribution in [-0.2, 0) is 0 Å². The maximum absolute atomic E-state index is 2.58. The summed E-state index contributed by atoms with van der Waals surface area (Å²) in [6, 6.07) is 0. The SMILES string of the molecule is CCCCCCCN1C=CN(CCCCCC)C1C(C)C. The van der Waals surface area contributed by atoms with E-state index in [-0.39, 0.29) is 0 Å². The summed E-state index contributed by atoms with van der Waals surface area (Å²) in [6.45, 7) is 11.8. The molecule has 21 heavy (non-hydrogen) atoms. The highest BCUT2D eigenvalue weighted by molar-refractivity contribution is 4.98. The van der Waals surface area contributed by atoms with E-state index in [9.17, 15) is 0 Å². The van der Waals surface area contributed by atoms with E-state index in [0.29, 0.717) is 12.1 Å². The Hall–Kier alpha value is -0.660. The minimum absolute atomic E-state index is 0.595. The van der Waals surface area contributed by atoms with Crippen LogP contribution >= 0.6 is 0 Å².